The van der Waals surface area contributed by atoms with Gasteiger partial charge in [-0.15, -0.1) is 0 Å². The van der Waals surface area contributed by atoms with Gasteiger partial charge in [-0.3, -0.25) is 9.59 Å². The first-order valence-electron chi connectivity index (χ1n) is 6.03. The minimum absolute atomic E-state index is 0.187. The van der Waals surface area contributed by atoms with Crippen LogP contribution < -0.4 is 10.2 Å². The average Bonchev–Trinajstić information content (AvgIpc) is 3.10. The van der Waals surface area contributed by atoms with Gasteiger partial charge < -0.3 is 5.32 Å². The molecule has 2 aliphatic rings. The zero-order valence-electron chi connectivity index (χ0n) is 9.73. The molecule has 5 heteroatoms. The molecule has 2 fully saturated rings. The van der Waals surface area contributed by atoms with E-state index < -0.39 is 6.04 Å². The number of hydrogen-bond donors (Lipinski definition) is 1. The summed E-state index contributed by atoms with van der Waals surface area (Å²) in [5.41, 5.74) is 0.437. The molecule has 0 bridgehead atoms. The molecular formula is C13H13FN2O2. The van der Waals surface area contributed by atoms with Gasteiger partial charge >= 0.3 is 0 Å². The van der Waals surface area contributed by atoms with Crippen LogP contribution >= 0.6 is 0 Å². The second-order valence-electron chi connectivity index (χ2n) is 4.74. The standard InChI is InChI=1S/C13H13FN2O2/c14-8-1-5-10(6-2-8)16-12(17)7-11(13(16)18)15-9-3-4-9/h1-2,5-6,9,11,15H,3-4,7H2. The van der Waals surface area contributed by atoms with Gasteiger partial charge in [0.25, 0.3) is 5.91 Å². The second-order valence-corrected chi connectivity index (χ2v) is 4.74. The number of nitrogens with zero attached hydrogens (tertiary/aromatic N) is 1. The highest BCUT2D eigenvalue weighted by Crippen LogP contribution is 2.26. The van der Waals surface area contributed by atoms with Crippen LogP contribution in [0, 0.1) is 5.82 Å². The zero-order valence-corrected chi connectivity index (χ0v) is 9.73. The minimum Gasteiger partial charge on any atom is -0.303 e. The number of halogens is 1. The summed E-state index contributed by atoms with van der Waals surface area (Å²) in [5, 5.41) is 3.16. The lowest BCUT2D eigenvalue weighted by Crippen LogP contribution is -2.39. The predicted octanol–water partition coefficient (Wildman–Crippen LogP) is 1.21. The lowest BCUT2D eigenvalue weighted by atomic mass is 10.2. The Hall–Kier alpha value is -1.75. The van der Waals surface area contributed by atoms with E-state index in [-0.39, 0.29) is 24.1 Å². The maximum absolute atomic E-state index is 12.8. The highest BCUT2D eigenvalue weighted by atomic mass is 19.1. The van der Waals surface area contributed by atoms with E-state index in [0.717, 1.165) is 17.7 Å². The molecule has 1 N–H and O–H groups in total. The van der Waals surface area contributed by atoms with Crippen LogP contribution in [0.3, 0.4) is 0 Å². The molecule has 1 aliphatic carbocycles. The molecule has 1 aromatic carbocycles. The van der Waals surface area contributed by atoms with E-state index in [0.29, 0.717) is 11.7 Å². The maximum Gasteiger partial charge on any atom is 0.251 e. The molecule has 0 spiro atoms. The Kier molecular flexibility index (Phi) is 2.63. The molecule has 1 aliphatic heterocycles. The van der Waals surface area contributed by atoms with Crippen molar-refractivity contribution in [3.63, 3.8) is 0 Å². The van der Waals surface area contributed by atoms with Crippen molar-refractivity contribution < 1.29 is 14.0 Å². The highest BCUT2D eigenvalue weighted by Gasteiger charge is 2.41. The van der Waals surface area contributed by atoms with Crippen molar-refractivity contribution in [1.29, 1.82) is 0 Å². The summed E-state index contributed by atoms with van der Waals surface area (Å²) < 4.78 is 12.8. The number of anilines is 1. The highest BCUT2D eigenvalue weighted by molar-refractivity contribution is 6.22. The van der Waals surface area contributed by atoms with Crippen molar-refractivity contribution in [3.05, 3.63) is 30.1 Å². The lowest BCUT2D eigenvalue weighted by Gasteiger charge is -2.15. The Balaban J connectivity index is 1.80. The molecular weight excluding hydrogens is 235 g/mol. The predicted molar refractivity (Wildman–Crippen MR) is 63.5 cm³/mol. The van der Waals surface area contributed by atoms with Gasteiger partial charge in [0.15, 0.2) is 0 Å². The summed E-state index contributed by atoms with van der Waals surface area (Å²) in [6.45, 7) is 0. The molecule has 0 radical (unpaired) electrons. The molecule has 2 amide bonds. The fourth-order valence-corrected chi connectivity index (χ4v) is 2.16. The van der Waals surface area contributed by atoms with Gasteiger partial charge in [-0.1, -0.05) is 0 Å². The smallest absolute Gasteiger partial charge is 0.251 e. The Labute approximate surface area is 104 Å². The molecule has 0 aromatic heterocycles. The van der Waals surface area contributed by atoms with E-state index in [2.05, 4.69) is 5.32 Å². The Morgan fingerprint density at radius 3 is 2.44 bits per heavy atom. The van der Waals surface area contributed by atoms with Crippen molar-refractivity contribution in [3.8, 4) is 0 Å². The third-order valence-corrected chi connectivity index (χ3v) is 3.25. The summed E-state index contributed by atoms with van der Waals surface area (Å²) in [7, 11) is 0. The second kappa shape index (κ2) is 4.17. The van der Waals surface area contributed by atoms with Gasteiger partial charge in [0.2, 0.25) is 5.91 Å². The number of hydrogen-bond acceptors (Lipinski definition) is 3. The van der Waals surface area contributed by atoms with Crippen molar-refractivity contribution in [1.82, 2.24) is 5.32 Å². The van der Waals surface area contributed by atoms with Crippen LogP contribution in [0.1, 0.15) is 19.3 Å². The van der Waals surface area contributed by atoms with E-state index in [1.165, 1.54) is 24.3 Å². The van der Waals surface area contributed by atoms with Gasteiger partial charge in [0, 0.05) is 6.04 Å². The summed E-state index contributed by atoms with van der Waals surface area (Å²) >= 11 is 0. The molecule has 1 saturated heterocycles. The number of nitrogens with one attached hydrogen (secondary N) is 1. The first kappa shape index (κ1) is 11.3. The molecule has 3 rings (SSSR count). The number of rotatable bonds is 3. The Bertz CT molecular complexity index is 496. The van der Waals surface area contributed by atoms with Gasteiger partial charge in [0.1, 0.15) is 5.82 Å². The zero-order chi connectivity index (χ0) is 12.7. The minimum atomic E-state index is -0.421. The molecule has 1 aromatic rings. The molecule has 4 nitrogen and oxygen atoms in total. The number of carbonyl (C=O) groups is 2. The van der Waals surface area contributed by atoms with Crippen molar-refractivity contribution >= 4 is 17.5 Å². The maximum atomic E-state index is 12.8. The normalized spacial score (nSPS) is 23.8. The molecule has 1 atom stereocenters. The Morgan fingerprint density at radius 1 is 1.17 bits per heavy atom. The van der Waals surface area contributed by atoms with Gasteiger partial charge in [-0.25, -0.2) is 9.29 Å². The number of benzene rings is 1. The van der Waals surface area contributed by atoms with Crippen LogP contribution in [0.15, 0.2) is 24.3 Å². The van der Waals surface area contributed by atoms with Gasteiger partial charge in [-0.05, 0) is 37.1 Å². The fraction of sp³-hybridized carbons (Fsp3) is 0.385. The third kappa shape index (κ3) is 2.01. The van der Waals surface area contributed by atoms with Crippen molar-refractivity contribution in [2.24, 2.45) is 0 Å². The van der Waals surface area contributed by atoms with Crippen molar-refractivity contribution in [2.75, 3.05) is 4.90 Å². The quantitative estimate of drug-likeness (QED) is 0.818. The number of amides is 2. The van der Waals surface area contributed by atoms with E-state index >= 15 is 0 Å². The van der Waals surface area contributed by atoms with Crippen LogP contribution in [0.2, 0.25) is 0 Å². The van der Waals surface area contributed by atoms with E-state index in [4.69, 9.17) is 0 Å². The molecule has 1 heterocycles. The van der Waals surface area contributed by atoms with Crippen LogP contribution in [0.5, 0.6) is 0 Å². The van der Waals surface area contributed by atoms with Crippen LogP contribution in [-0.2, 0) is 9.59 Å². The summed E-state index contributed by atoms with van der Waals surface area (Å²) in [6.07, 6.45) is 2.32. The number of imide groups is 1. The third-order valence-electron chi connectivity index (χ3n) is 3.25. The molecule has 1 saturated carbocycles. The molecule has 18 heavy (non-hydrogen) atoms. The fourth-order valence-electron chi connectivity index (χ4n) is 2.16. The Morgan fingerprint density at radius 2 is 1.83 bits per heavy atom. The number of carbonyl (C=O) groups excluding carboxylic acids is 2. The van der Waals surface area contributed by atoms with Crippen molar-refractivity contribution in [2.45, 2.75) is 31.3 Å². The first-order valence-corrected chi connectivity index (χ1v) is 6.03. The van der Waals surface area contributed by atoms with E-state index in [1.54, 1.807) is 0 Å². The van der Waals surface area contributed by atoms with Gasteiger partial charge in [-0.2, -0.15) is 0 Å². The lowest BCUT2D eigenvalue weighted by molar-refractivity contribution is -0.121. The summed E-state index contributed by atoms with van der Waals surface area (Å²) in [5.74, 6) is -0.853. The van der Waals surface area contributed by atoms with Crippen LogP contribution in [-0.4, -0.2) is 23.9 Å². The average molecular weight is 248 g/mol. The molecule has 1 unspecified atom stereocenters. The van der Waals surface area contributed by atoms with E-state index in [1.807, 2.05) is 0 Å². The SMILES string of the molecule is O=C1CC(NC2CC2)C(=O)N1c1ccc(F)cc1. The molecule has 94 valence electrons. The van der Waals surface area contributed by atoms with Crippen LogP contribution in [0.4, 0.5) is 10.1 Å². The van der Waals surface area contributed by atoms with Gasteiger partial charge in [0.05, 0.1) is 18.2 Å². The summed E-state index contributed by atoms with van der Waals surface area (Å²) in [6, 6.07) is 5.35. The first-order chi connectivity index (χ1) is 8.65. The topological polar surface area (TPSA) is 49.4 Å². The van der Waals surface area contributed by atoms with E-state index in [9.17, 15) is 14.0 Å². The summed E-state index contributed by atoms with van der Waals surface area (Å²) in [4.78, 5) is 25.1. The monoisotopic (exact) mass is 248 g/mol. The largest absolute Gasteiger partial charge is 0.303 e. The van der Waals surface area contributed by atoms with Crippen LogP contribution in [0.25, 0.3) is 0 Å².